The van der Waals surface area contributed by atoms with Crippen LogP contribution in [0.15, 0.2) is 116 Å². The van der Waals surface area contributed by atoms with Gasteiger partial charge in [0.25, 0.3) is 0 Å². The van der Waals surface area contributed by atoms with Crippen LogP contribution in [0, 0.1) is 12.7 Å². The molecule has 0 spiro atoms. The average molecular weight is 531 g/mol. The zero-order chi connectivity index (χ0) is 28.1. The molecule has 0 unspecified atom stereocenters. The number of carbonyl (C=O) groups is 1. The Kier molecular flexibility index (Phi) is 7.80. The summed E-state index contributed by atoms with van der Waals surface area (Å²) in [5.74, 6) is 4.85. The summed E-state index contributed by atoms with van der Waals surface area (Å²) in [5, 5.41) is 4.32. The lowest BCUT2D eigenvalue weighted by Crippen LogP contribution is -2.11. The van der Waals surface area contributed by atoms with Gasteiger partial charge in [-0.05, 0) is 81.2 Å². The number of rotatable bonds is 4. The number of benzene rings is 5. The minimum Gasteiger partial charge on any atom is -0.497 e. The highest BCUT2D eigenvalue weighted by atomic mass is 19.1. The number of methoxy groups -OCH3 is 1. The number of nitrogens with zero attached hydrogens (tertiary/aromatic N) is 1. The van der Waals surface area contributed by atoms with Crippen molar-refractivity contribution < 1.29 is 18.8 Å². The fourth-order valence-corrected chi connectivity index (χ4v) is 4.83. The maximum atomic E-state index is 13.7. The zero-order valence-corrected chi connectivity index (χ0v) is 22.1. The molecule has 0 aliphatic carbocycles. The predicted octanol–water partition coefficient (Wildman–Crippen LogP) is 7.90. The molecule has 0 saturated carbocycles. The fourth-order valence-electron chi connectivity index (χ4n) is 4.83. The molecule has 5 nitrogen and oxygen atoms in total. The van der Waals surface area contributed by atoms with Crippen LogP contribution in [-0.2, 0) is 4.84 Å². The van der Waals surface area contributed by atoms with Crippen molar-refractivity contribution in [3.8, 4) is 28.0 Å². The molecular formula is C34H27FN2O3. The van der Waals surface area contributed by atoms with E-state index in [2.05, 4.69) is 28.0 Å². The van der Waals surface area contributed by atoms with E-state index < -0.39 is 5.97 Å². The number of hydrogen-bond donors (Lipinski definition) is 1. The number of hydrogen-bond acceptors (Lipinski definition) is 5. The summed E-state index contributed by atoms with van der Waals surface area (Å²) in [6, 6.07) is 32.5. The van der Waals surface area contributed by atoms with Gasteiger partial charge in [-0.25, -0.2) is 9.18 Å². The number of aromatic nitrogens is 1. The highest BCUT2D eigenvalue weighted by Crippen LogP contribution is 2.33. The summed E-state index contributed by atoms with van der Waals surface area (Å²) >= 11 is 0. The molecule has 5 aromatic carbocycles. The van der Waals surface area contributed by atoms with E-state index >= 15 is 0 Å². The molecule has 1 heterocycles. The lowest BCUT2D eigenvalue weighted by atomic mass is 9.95. The second-order valence-corrected chi connectivity index (χ2v) is 9.16. The minimum atomic E-state index is -0.611. The Morgan fingerprint density at radius 2 is 1.40 bits per heavy atom. The van der Waals surface area contributed by atoms with E-state index in [1.54, 1.807) is 30.6 Å². The maximum Gasteiger partial charge on any atom is 0.357 e. The molecule has 2 N–H and O–H groups in total. The number of nitrogens with two attached hydrogens (primary N) is 1. The molecule has 0 atom stereocenters. The van der Waals surface area contributed by atoms with E-state index in [0.717, 1.165) is 38.4 Å². The summed E-state index contributed by atoms with van der Waals surface area (Å²) in [6.07, 6.45) is 3.50. The minimum absolute atomic E-state index is 0.152. The monoisotopic (exact) mass is 530 g/mol. The van der Waals surface area contributed by atoms with Crippen molar-refractivity contribution in [3.63, 3.8) is 0 Å². The summed E-state index contributed by atoms with van der Waals surface area (Å²) in [4.78, 5) is 20.5. The van der Waals surface area contributed by atoms with E-state index in [-0.39, 0.29) is 5.82 Å². The van der Waals surface area contributed by atoms with E-state index in [4.69, 9.17) is 10.6 Å². The number of carbonyl (C=O) groups excluding carboxylic acids is 1. The van der Waals surface area contributed by atoms with Crippen LogP contribution < -0.4 is 10.6 Å². The third kappa shape index (κ3) is 5.25. The molecule has 0 bridgehead atoms. The lowest BCUT2D eigenvalue weighted by molar-refractivity contribution is 0.0504. The number of fused-ring (bicyclic) bond motifs is 2. The van der Waals surface area contributed by atoms with Gasteiger partial charge in [0.05, 0.1) is 12.7 Å². The lowest BCUT2D eigenvalue weighted by Gasteiger charge is -2.12. The number of halogens is 1. The Morgan fingerprint density at radius 1 is 0.750 bits per heavy atom. The van der Waals surface area contributed by atoms with Gasteiger partial charge in [0.1, 0.15) is 11.6 Å². The molecular weight excluding hydrogens is 503 g/mol. The summed E-state index contributed by atoms with van der Waals surface area (Å²) in [7, 11) is 1.54. The van der Waals surface area contributed by atoms with Gasteiger partial charge in [0.15, 0.2) is 0 Å². The van der Waals surface area contributed by atoms with Gasteiger partial charge in [0, 0.05) is 17.8 Å². The predicted molar refractivity (Wildman–Crippen MR) is 157 cm³/mol. The van der Waals surface area contributed by atoms with Gasteiger partial charge in [0.2, 0.25) is 0 Å². The molecule has 6 aromatic rings. The molecule has 198 valence electrons. The van der Waals surface area contributed by atoms with Crippen LogP contribution in [0.1, 0.15) is 15.9 Å². The van der Waals surface area contributed by atoms with Crippen molar-refractivity contribution in [3.05, 3.63) is 132 Å². The van der Waals surface area contributed by atoms with Gasteiger partial charge in [-0.3, -0.25) is 4.98 Å². The van der Waals surface area contributed by atoms with Gasteiger partial charge in [-0.15, -0.1) is 0 Å². The molecule has 0 fully saturated rings. The Labute approximate surface area is 231 Å². The standard InChI is InChI=1S/C17H13F.C17H14N2O3/c1-12-14(9-5-11-17(12)18)16-10-4-7-13-6-2-3-8-15(13)16;1-21-12-5-6-15(16(9-12)17(20)22-18)14-4-2-3-11-10-19-8-7-13(11)14/h2-11H,1H3;2-10H,18H2,1H3. The molecule has 6 heteroatoms. The highest BCUT2D eigenvalue weighted by molar-refractivity contribution is 6.04. The third-order valence-corrected chi connectivity index (χ3v) is 6.87. The van der Waals surface area contributed by atoms with Crippen LogP contribution in [0.3, 0.4) is 0 Å². The number of ether oxygens (including phenoxy) is 1. The average Bonchev–Trinajstić information content (AvgIpc) is 3.01. The third-order valence-electron chi connectivity index (χ3n) is 6.87. The van der Waals surface area contributed by atoms with E-state index in [1.165, 1.54) is 18.6 Å². The molecule has 0 aliphatic rings. The summed E-state index contributed by atoms with van der Waals surface area (Å²) in [5.41, 5.74) is 4.74. The van der Waals surface area contributed by atoms with Crippen molar-refractivity contribution in [1.29, 1.82) is 0 Å². The fraction of sp³-hybridized carbons (Fsp3) is 0.0588. The Bertz CT molecular complexity index is 1820. The van der Waals surface area contributed by atoms with Crippen molar-refractivity contribution in [1.82, 2.24) is 4.98 Å². The van der Waals surface area contributed by atoms with Gasteiger partial charge < -0.3 is 9.57 Å². The van der Waals surface area contributed by atoms with Crippen molar-refractivity contribution >= 4 is 27.5 Å². The van der Waals surface area contributed by atoms with E-state index in [9.17, 15) is 9.18 Å². The van der Waals surface area contributed by atoms with Crippen LogP contribution in [0.25, 0.3) is 43.8 Å². The molecule has 0 aliphatic heterocycles. The summed E-state index contributed by atoms with van der Waals surface area (Å²) in [6.45, 7) is 1.83. The first-order valence-corrected chi connectivity index (χ1v) is 12.7. The molecule has 0 amide bonds. The normalized spacial score (nSPS) is 10.6. The van der Waals surface area contributed by atoms with Crippen LogP contribution in [0.4, 0.5) is 4.39 Å². The molecule has 6 rings (SSSR count). The Balaban J connectivity index is 0.000000164. The van der Waals surface area contributed by atoms with Gasteiger partial charge >= 0.3 is 5.97 Å². The van der Waals surface area contributed by atoms with Gasteiger partial charge in [-0.1, -0.05) is 72.8 Å². The Hall–Kier alpha value is -5.07. The molecule has 0 saturated heterocycles. The molecule has 1 aromatic heterocycles. The molecule has 0 radical (unpaired) electrons. The topological polar surface area (TPSA) is 74.4 Å². The summed E-state index contributed by atoms with van der Waals surface area (Å²) < 4.78 is 18.8. The SMILES string of the molecule is COc1ccc(-c2cccc3cnccc23)c(C(=O)ON)c1.Cc1c(F)cccc1-c1cccc2ccccc12. The van der Waals surface area contributed by atoms with E-state index in [1.807, 2.05) is 67.6 Å². The first kappa shape index (κ1) is 26.5. The second kappa shape index (κ2) is 11.8. The quantitative estimate of drug-likeness (QED) is 0.235. The molecule has 40 heavy (non-hydrogen) atoms. The maximum absolute atomic E-state index is 13.7. The second-order valence-electron chi connectivity index (χ2n) is 9.16. The highest BCUT2D eigenvalue weighted by Gasteiger charge is 2.17. The van der Waals surface area contributed by atoms with Crippen LogP contribution in [0.2, 0.25) is 0 Å². The van der Waals surface area contributed by atoms with Crippen molar-refractivity contribution in [2.45, 2.75) is 6.92 Å². The zero-order valence-electron chi connectivity index (χ0n) is 22.1. The van der Waals surface area contributed by atoms with Crippen LogP contribution >= 0.6 is 0 Å². The Morgan fingerprint density at radius 3 is 2.17 bits per heavy atom. The van der Waals surface area contributed by atoms with Crippen molar-refractivity contribution in [2.24, 2.45) is 5.90 Å². The largest absolute Gasteiger partial charge is 0.497 e. The van der Waals surface area contributed by atoms with Crippen molar-refractivity contribution in [2.75, 3.05) is 7.11 Å². The smallest absolute Gasteiger partial charge is 0.357 e. The van der Waals surface area contributed by atoms with Gasteiger partial charge in [-0.2, -0.15) is 5.90 Å². The number of pyridine rings is 1. The van der Waals surface area contributed by atoms with Crippen LogP contribution in [-0.4, -0.2) is 18.1 Å². The van der Waals surface area contributed by atoms with E-state index in [0.29, 0.717) is 16.9 Å². The first-order chi connectivity index (χ1) is 19.5. The first-order valence-electron chi connectivity index (χ1n) is 12.7. The van der Waals surface area contributed by atoms with Crippen LogP contribution in [0.5, 0.6) is 5.75 Å².